The Morgan fingerprint density at radius 2 is 2.13 bits per heavy atom. The molecule has 0 bridgehead atoms. The van der Waals surface area contributed by atoms with Gasteiger partial charge in [-0.25, -0.2) is 9.37 Å². The number of aromatic nitrogens is 2. The molecule has 0 spiro atoms. The fourth-order valence-corrected chi connectivity index (χ4v) is 1.42. The molecule has 1 heterocycles. The lowest BCUT2D eigenvalue weighted by Crippen LogP contribution is -1.99. The highest BCUT2D eigenvalue weighted by molar-refractivity contribution is 5.17. The van der Waals surface area contributed by atoms with Gasteiger partial charge >= 0.3 is 0 Å². The van der Waals surface area contributed by atoms with Crippen molar-refractivity contribution >= 4 is 0 Å². The standard InChI is InChI=1S/C11H12FN3/c12-11-4-2-1-3-9(11)6-15-7-10(5-13)14-8-15/h1-4,7-8H,5-6,13H2. The molecular weight excluding hydrogens is 193 g/mol. The molecule has 0 fully saturated rings. The summed E-state index contributed by atoms with van der Waals surface area (Å²) in [5, 5.41) is 0. The summed E-state index contributed by atoms with van der Waals surface area (Å²) in [4.78, 5) is 4.08. The second-order valence-corrected chi connectivity index (χ2v) is 3.33. The van der Waals surface area contributed by atoms with E-state index in [1.54, 1.807) is 18.5 Å². The molecule has 0 amide bonds. The van der Waals surface area contributed by atoms with Crippen molar-refractivity contribution in [2.75, 3.05) is 0 Å². The van der Waals surface area contributed by atoms with Crippen molar-refractivity contribution in [3.8, 4) is 0 Å². The molecule has 0 saturated carbocycles. The summed E-state index contributed by atoms with van der Waals surface area (Å²) in [6.07, 6.45) is 3.49. The first-order valence-electron chi connectivity index (χ1n) is 4.73. The number of hydrogen-bond donors (Lipinski definition) is 1. The number of rotatable bonds is 3. The van der Waals surface area contributed by atoms with Crippen molar-refractivity contribution in [3.63, 3.8) is 0 Å². The normalized spacial score (nSPS) is 10.5. The molecule has 1 aromatic heterocycles. The van der Waals surface area contributed by atoms with Crippen LogP contribution in [-0.4, -0.2) is 9.55 Å². The van der Waals surface area contributed by atoms with E-state index in [0.717, 1.165) is 5.69 Å². The van der Waals surface area contributed by atoms with Crippen molar-refractivity contribution in [2.24, 2.45) is 5.73 Å². The van der Waals surface area contributed by atoms with Gasteiger partial charge in [0.25, 0.3) is 0 Å². The van der Waals surface area contributed by atoms with Crippen LogP contribution in [0.25, 0.3) is 0 Å². The summed E-state index contributed by atoms with van der Waals surface area (Å²) in [6, 6.07) is 6.71. The first kappa shape index (κ1) is 9.86. The van der Waals surface area contributed by atoms with E-state index in [0.29, 0.717) is 18.7 Å². The number of nitrogens with zero attached hydrogens (tertiary/aromatic N) is 2. The topological polar surface area (TPSA) is 43.8 Å². The molecule has 1 aromatic carbocycles. The Bertz CT molecular complexity index is 451. The van der Waals surface area contributed by atoms with Gasteiger partial charge in [-0.3, -0.25) is 0 Å². The van der Waals surface area contributed by atoms with Crippen molar-refractivity contribution in [1.82, 2.24) is 9.55 Å². The summed E-state index contributed by atoms with van der Waals surface area (Å²) in [5.74, 6) is -0.194. The molecular formula is C11H12FN3. The highest BCUT2D eigenvalue weighted by atomic mass is 19.1. The van der Waals surface area contributed by atoms with Crippen LogP contribution in [0.3, 0.4) is 0 Å². The van der Waals surface area contributed by atoms with Crippen LogP contribution in [0.4, 0.5) is 4.39 Å². The molecule has 0 aliphatic carbocycles. The van der Waals surface area contributed by atoms with Gasteiger partial charge in [-0.1, -0.05) is 18.2 Å². The van der Waals surface area contributed by atoms with Crippen molar-refractivity contribution < 1.29 is 4.39 Å². The lowest BCUT2D eigenvalue weighted by Gasteiger charge is -2.03. The Labute approximate surface area is 87.4 Å². The maximum Gasteiger partial charge on any atom is 0.128 e. The second kappa shape index (κ2) is 4.23. The highest BCUT2D eigenvalue weighted by Gasteiger charge is 2.02. The minimum Gasteiger partial charge on any atom is -0.333 e. The van der Waals surface area contributed by atoms with Crippen LogP contribution in [0.5, 0.6) is 0 Å². The summed E-state index contributed by atoms with van der Waals surface area (Å²) >= 11 is 0. The molecule has 0 radical (unpaired) electrons. The third kappa shape index (κ3) is 2.22. The molecule has 0 atom stereocenters. The number of halogens is 1. The quantitative estimate of drug-likeness (QED) is 0.825. The summed E-state index contributed by atoms with van der Waals surface area (Å²) in [6.45, 7) is 0.893. The lowest BCUT2D eigenvalue weighted by molar-refractivity contribution is 0.599. The van der Waals surface area contributed by atoms with Crippen LogP contribution in [0.15, 0.2) is 36.8 Å². The third-order valence-corrected chi connectivity index (χ3v) is 2.21. The smallest absolute Gasteiger partial charge is 0.128 e. The van der Waals surface area contributed by atoms with Crippen molar-refractivity contribution in [3.05, 3.63) is 53.9 Å². The predicted octanol–water partition coefficient (Wildman–Crippen LogP) is 1.53. The van der Waals surface area contributed by atoms with Gasteiger partial charge in [-0.05, 0) is 6.07 Å². The molecule has 0 unspecified atom stereocenters. The van der Waals surface area contributed by atoms with E-state index < -0.39 is 0 Å². The maximum atomic E-state index is 13.3. The average Bonchev–Trinajstić information content (AvgIpc) is 2.69. The number of imidazole rings is 1. The Morgan fingerprint density at radius 1 is 1.33 bits per heavy atom. The summed E-state index contributed by atoms with van der Waals surface area (Å²) in [7, 11) is 0. The van der Waals surface area contributed by atoms with Gasteiger partial charge in [0.05, 0.1) is 18.6 Å². The fraction of sp³-hybridized carbons (Fsp3) is 0.182. The monoisotopic (exact) mass is 205 g/mol. The zero-order valence-corrected chi connectivity index (χ0v) is 8.23. The molecule has 0 aliphatic heterocycles. The van der Waals surface area contributed by atoms with Gasteiger partial charge in [0.1, 0.15) is 5.82 Å². The third-order valence-electron chi connectivity index (χ3n) is 2.21. The number of nitrogens with two attached hydrogens (primary N) is 1. The maximum absolute atomic E-state index is 13.3. The lowest BCUT2D eigenvalue weighted by atomic mass is 10.2. The number of hydrogen-bond acceptors (Lipinski definition) is 2. The van der Waals surface area contributed by atoms with Gasteiger partial charge in [-0.2, -0.15) is 0 Å². The number of benzene rings is 1. The first-order chi connectivity index (χ1) is 7.29. The van der Waals surface area contributed by atoms with Crippen molar-refractivity contribution in [1.29, 1.82) is 0 Å². The molecule has 4 heteroatoms. The van der Waals surface area contributed by atoms with E-state index in [1.807, 2.05) is 16.8 Å². The minimum absolute atomic E-state index is 0.194. The van der Waals surface area contributed by atoms with E-state index in [-0.39, 0.29) is 5.82 Å². The molecule has 2 rings (SSSR count). The molecule has 0 aliphatic rings. The molecule has 2 N–H and O–H groups in total. The van der Waals surface area contributed by atoms with Crippen LogP contribution in [0.2, 0.25) is 0 Å². The Balaban J connectivity index is 2.18. The minimum atomic E-state index is -0.194. The van der Waals surface area contributed by atoms with Crippen LogP contribution < -0.4 is 5.73 Å². The van der Waals surface area contributed by atoms with E-state index in [2.05, 4.69) is 4.98 Å². The molecule has 78 valence electrons. The van der Waals surface area contributed by atoms with Crippen LogP contribution in [0.1, 0.15) is 11.3 Å². The van der Waals surface area contributed by atoms with Crippen molar-refractivity contribution in [2.45, 2.75) is 13.1 Å². The first-order valence-corrected chi connectivity index (χ1v) is 4.73. The van der Waals surface area contributed by atoms with Crippen LogP contribution in [-0.2, 0) is 13.1 Å². The van der Waals surface area contributed by atoms with Gasteiger partial charge in [0.2, 0.25) is 0 Å². The zero-order valence-electron chi connectivity index (χ0n) is 8.23. The largest absolute Gasteiger partial charge is 0.333 e. The van der Waals surface area contributed by atoms with Crippen LogP contribution >= 0.6 is 0 Å². The van der Waals surface area contributed by atoms with E-state index in [1.165, 1.54) is 6.07 Å². The van der Waals surface area contributed by atoms with E-state index >= 15 is 0 Å². The molecule has 2 aromatic rings. The zero-order chi connectivity index (χ0) is 10.7. The average molecular weight is 205 g/mol. The second-order valence-electron chi connectivity index (χ2n) is 3.33. The fourth-order valence-electron chi connectivity index (χ4n) is 1.42. The highest BCUT2D eigenvalue weighted by Crippen LogP contribution is 2.08. The van der Waals surface area contributed by atoms with Gasteiger partial charge in [0.15, 0.2) is 0 Å². The Hall–Kier alpha value is -1.68. The van der Waals surface area contributed by atoms with Gasteiger partial charge in [-0.15, -0.1) is 0 Å². The van der Waals surface area contributed by atoms with Gasteiger partial charge in [0, 0.05) is 18.3 Å². The molecule has 3 nitrogen and oxygen atoms in total. The van der Waals surface area contributed by atoms with Crippen LogP contribution in [0, 0.1) is 5.82 Å². The Kier molecular flexibility index (Phi) is 2.78. The Morgan fingerprint density at radius 3 is 2.80 bits per heavy atom. The van der Waals surface area contributed by atoms with E-state index in [4.69, 9.17) is 5.73 Å². The van der Waals surface area contributed by atoms with Gasteiger partial charge < -0.3 is 10.3 Å². The van der Waals surface area contributed by atoms with E-state index in [9.17, 15) is 4.39 Å². The summed E-state index contributed by atoms with van der Waals surface area (Å²) < 4.78 is 15.1. The molecule has 15 heavy (non-hydrogen) atoms. The SMILES string of the molecule is NCc1cn(Cc2ccccc2F)cn1. The predicted molar refractivity (Wildman–Crippen MR) is 55.6 cm³/mol. The molecule has 0 saturated heterocycles. The summed E-state index contributed by atoms with van der Waals surface area (Å²) in [5.41, 5.74) is 6.90.